The van der Waals surface area contributed by atoms with Gasteiger partial charge < -0.3 is 20.4 Å². The first-order valence-electron chi connectivity index (χ1n) is 23.0. The minimum atomic E-state index is -0.0344. The molecule has 324 valence electrons. The van der Waals surface area contributed by atoms with Crippen LogP contribution in [0.4, 0.5) is 0 Å². The highest BCUT2D eigenvalue weighted by Crippen LogP contribution is 2.34. The number of halogens is 2. The van der Waals surface area contributed by atoms with Crippen LogP contribution in [-0.2, 0) is 32.1 Å². The van der Waals surface area contributed by atoms with Crippen LogP contribution < -0.4 is 10.6 Å². The molecule has 0 bridgehead atoms. The van der Waals surface area contributed by atoms with Crippen LogP contribution in [-0.4, -0.2) is 83.4 Å². The monoisotopic (exact) mass is 862 g/mol. The van der Waals surface area contributed by atoms with E-state index in [2.05, 4.69) is 71.5 Å². The normalized spacial score (nSPS) is 16.1. The van der Waals surface area contributed by atoms with Crippen molar-refractivity contribution < 1.29 is 9.59 Å². The molecule has 3 heterocycles. The summed E-state index contributed by atoms with van der Waals surface area (Å²) in [6, 6.07) is 22.3. The number of carbonyl (C=O) groups is 2. The van der Waals surface area contributed by atoms with Gasteiger partial charge in [0, 0.05) is 52.4 Å². The maximum atomic E-state index is 12.8. The molecule has 10 heteroatoms. The topological polar surface area (TPSA) is 90.5 Å². The smallest absolute Gasteiger partial charge is 0.251 e. The molecule has 3 aliphatic rings. The lowest BCUT2D eigenvalue weighted by molar-refractivity contribution is 0.0928. The molecule has 2 aliphatic carbocycles. The third-order valence-electron chi connectivity index (χ3n) is 13.1. The summed E-state index contributed by atoms with van der Waals surface area (Å²) in [6.45, 7) is 13.7. The molecule has 1 saturated heterocycles. The SMILES string of the molecule is CCN(CC)CCCC(C)NC(=O)c1ccc2c(Cl)c3c(nc2c1)CCCC3.O=C(NCC1CCN(CCc2ccccc2)CC1)c1ccc2c(Cl)c3c(nc2c1)CCCC3. The lowest BCUT2D eigenvalue weighted by atomic mass is 9.94. The molecule has 8 nitrogen and oxygen atoms in total. The number of aryl methyl sites for hydroxylation is 2. The van der Waals surface area contributed by atoms with Gasteiger partial charge in [-0.25, -0.2) is 0 Å². The fraction of sp³-hybridized carbons (Fsp3) is 0.490. The number of piperidine rings is 1. The van der Waals surface area contributed by atoms with Crippen LogP contribution in [0.2, 0.25) is 10.0 Å². The summed E-state index contributed by atoms with van der Waals surface area (Å²) in [5.74, 6) is 0.494. The van der Waals surface area contributed by atoms with Gasteiger partial charge in [0.2, 0.25) is 0 Å². The summed E-state index contributed by atoms with van der Waals surface area (Å²) in [6.07, 6.45) is 14.1. The zero-order valence-corrected chi connectivity index (χ0v) is 38.0. The minimum absolute atomic E-state index is 0.0148. The first-order valence-corrected chi connectivity index (χ1v) is 23.8. The van der Waals surface area contributed by atoms with Crippen molar-refractivity contribution in [1.82, 2.24) is 30.4 Å². The molecule has 1 atom stereocenters. The van der Waals surface area contributed by atoms with Crippen molar-refractivity contribution in [3.8, 4) is 0 Å². The highest BCUT2D eigenvalue weighted by Gasteiger charge is 2.22. The predicted octanol–water partition coefficient (Wildman–Crippen LogP) is 10.5. The summed E-state index contributed by atoms with van der Waals surface area (Å²) in [5, 5.41) is 9.84. The summed E-state index contributed by atoms with van der Waals surface area (Å²) in [4.78, 5) is 40.2. The van der Waals surface area contributed by atoms with Crippen molar-refractivity contribution in [1.29, 1.82) is 0 Å². The summed E-state index contributed by atoms with van der Waals surface area (Å²) < 4.78 is 0. The Morgan fingerprint density at radius 3 is 1.90 bits per heavy atom. The van der Waals surface area contributed by atoms with Crippen LogP contribution in [0.25, 0.3) is 21.8 Å². The van der Waals surface area contributed by atoms with Gasteiger partial charge in [-0.15, -0.1) is 0 Å². The first kappa shape index (κ1) is 45.0. The molecule has 1 aliphatic heterocycles. The van der Waals surface area contributed by atoms with E-state index in [1.807, 2.05) is 36.4 Å². The van der Waals surface area contributed by atoms with Crippen LogP contribution in [0.1, 0.15) is 121 Å². The molecular weight excluding hydrogens is 800 g/mol. The van der Waals surface area contributed by atoms with E-state index >= 15 is 0 Å². The van der Waals surface area contributed by atoms with Gasteiger partial charge in [0.1, 0.15) is 0 Å². The number of carbonyl (C=O) groups excluding carboxylic acids is 2. The molecule has 2 aromatic heterocycles. The average molecular weight is 864 g/mol. The van der Waals surface area contributed by atoms with Crippen LogP contribution >= 0.6 is 23.2 Å². The largest absolute Gasteiger partial charge is 0.352 e. The molecule has 5 aromatic rings. The molecule has 0 radical (unpaired) electrons. The van der Waals surface area contributed by atoms with Crippen LogP contribution in [0.15, 0.2) is 66.7 Å². The zero-order chi connectivity index (χ0) is 42.7. The van der Waals surface area contributed by atoms with Gasteiger partial charge in [-0.3, -0.25) is 19.6 Å². The Bertz CT molecular complexity index is 2270. The van der Waals surface area contributed by atoms with Crippen molar-refractivity contribution in [2.45, 2.75) is 110 Å². The third kappa shape index (κ3) is 11.7. The van der Waals surface area contributed by atoms with Crippen molar-refractivity contribution in [3.63, 3.8) is 0 Å². The Hall–Kier alpha value is -4.08. The highest BCUT2D eigenvalue weighted by molar-refractivity contribution is 6.36. The number of nitrogens with one attached hydrogen (secondary N) is 2. The van der Waals surface area contributed by atoms with Crippen molar-refractivity contribution in [3.05, 3.63) is 116 Å². The maximum absolute atomic E-state index is 12.8. The number of benzene rings is 3. The molecule has 1 unspecified atom stereocenters. The van der Waals surface area contributed by atoms with Gasteiger partial charge >= 0.3 is 0 Å². The number of hydrogen-bond donors (Lipinski definition) is 2. The Balaban J connectivity index is 0.000000187. The molecule has 0 spiro atoms. The van der Waals surface area contributed by atoms with E-state index in [-0.39, 0.29) is 17.9 Å². The molecular formula is C51H64Cl2N6O2. The second-order valence-electron chi connectivity index (χ2n) is 17.4. The number of pyridine rings is 2. The van der Waals surface area contributed by atoms with Gasteiger partial charge in [-0.2, -0.15) is 0 Å². The highest BCUT2D eigenvalue weighted by atomic mass is 35.5. The minimum Gasteiger partial charge on any atom is -0.352 e. The van der Waals surface area contributed by atoms with Gasteiger partial charge in [0.15, 0.2) is 0 Å². The summed E-state index contributed by atoms with van der Waals surface area (Å²) in [5.41, 5.74) is 8.99. The molecule has 2 N–H and O–H groups in total. The number of nitrogens with zero attached hydrogens (tertiary/aromatic N) is 4. The quantitative estimate of drug-likeness (QED) is 0.116. The van der Waals surface area contributed by atoms with Crippen molar-refractivity contribution >= 4 is 56.8 Å². The standard InChI is InChI=1S/C28H32ClN3O.C23H32ClN3O/c29-27-23-8-4-5-9-25(23)31-26-18-22(10-11-24(26)27)28(33)30-19-21-13-16-32(17-14-21)15-12-20-6-2-1-3-7-20;1-4-27(5-2)14-8-9-16(3)25-23(28)17-12-13-19-21(15-17)26-20-11-7-6-10-18(20)22(19)24/h1-3,6-7,10-11,18,21H,4-5,8-9,12-17,19H2,(H,30,33);12-13,15-16H,4-11,14H2,1-3H3,(H,25,28). The Kier molecular flexibility index (Phi) is 16.1. The van der Waals surface area contributed by atoms with Crippen LogP contribution in [0, 0.1) is 5.92 Å². The van der Waals surface area contributed by atoms with Gasteiger partial charge in [-0.1, -0.05) is 79.5 Å². The fourth-order valence-corrected chi connectivity index (χ4v) is 9.97. The second-order valence-corrected chi connectivity index (χ2v) is 18.1. The van der Waals surface area contributed by atoms with Gasteiger partial charge in [0.05, 0.1) is 21.1 Å². The Labute approximate surface area is 373 Å². The number of rotatable bonds is 14. The van der Waals surface area contributed by atoms with E-state index in [1.54, 1.807) is 0 Å². The molecule has 8 rings (SSSR count). The maximum Gasteiger partial charge on any atom is 0.251 e. The number of likely N-dealkylation sites (tertiary alicyclic amines) is 1. The van der Waals surface area contributed by atoms with Crippen molar-refractivity contribution in [2.75, 3.05) is 45.8 Å². The zero-order valence-electron chi connectivity index (χ0n) is 36.5. The van der Waals surface area contributed by atoms with Crippen molar-refractivity contribution in [2.24, 2.45) is 5.92 Å². The molecule has 1 fully saturated rings. The van der Waals surface area contributed by atoms with E-state index in [0.717, 1.165) is 160 Å². The first-order chi connectivity index (χ1) is 29.7. The van der Waals surface area contributed by atoms with Gasteiger partial charge in [-0.05, 0) is 170 Å². The van der Waals surface area contributed by atoms with E-state index in [0.29, 0.717) is 17.0 Å². The lowest BCUT2D eigenvalue weighted by Gasteiger charge is -2.32. The Morgan fingerprint density at radius 2 is 1.33 bits per heavy atom. The number of amides is 2. The number of fused-ring (bicyclic) bond motifs is 4. The molecule has 61 heavy (non-hydrogen) atoms. The lowest BCUT2D eigenvalue weighted by Crippen LogP contribution is -2.39. The van der Waals surface area contributed by atoms with E-state index in [4.69, 9.17) is 33.2 Å². The van der Waals surface area contributed by atoms with Crippen LogP contribution in [0.5, 0.6) is 0 Å². The van der Waals surface area contributed by atoms with Gasteiger partial charge in [0.25, 0.3) is 11.8 Å². The third-order valence-corrected chi connectivity index (χ3v) is 14.0. The number of aromatic nitrogens is 2. The van der Waals surface area contributed by atoms with E-state index in [9.17, 15) is 9.59 Å². The fourth-order valence-electron chi connectivity index (χ4n) is 9.24. The number of hydrogen-bond acceptors (Lipinski definition) is 6. The Morgan fingerprint density at radius 1 is 0.770 bits per heavy atom. The summed E-state index contributed by atoms with van der Waals surface area (Å²) in [7, 11) is 0. The van der Waals surface area contributed by atoms with E-state index in [1.165, 1.54) is 29.5 Å². The average Bonchev–Trinajstić information content (AvgIpc) is 3.29. The molecule has 3 aromatic carbocycles. The molecule has 0 saturated carbocycles. The molecule has 2 amide bonds. The predicted molar refractivity (Wildman–Crippen MR) is 252 cm³/mol. The van der Waals surface area contributed by atoms with Crippen LogP contribution in [0.3, 0.4) is 0 Å². The summed E-state index contributed by atoms with van der Waals surface area (Å²) >= 11 is 13.3. The van der Waals surface area contributed by atoms with E-state index < -0.39 is 0 Å². The second kappa shape index (κ2) is 21.8.